The van der Waals surface area contributed by atoms with E-state index in [1.807, 2.05) is 26.0 Å². The van der Waals surface area contributed by atoms with Gasteiger partial charge in [0.1, 0.15) is 4.90 Å². The summed E-state index contributed by atoms with van der Waals surface area (Å²) in [5, 5.41) is 9.23. The van der Waals surface area contributed by atoms with E-state index in [9.17, 15) is 13.5 Å². The number of methoxy groups -OCH3 is 3. The van der Waals surface area contributed by atoms with Gasteiger partial charge in [0.2, 0.25) is 5.75 Å². The lowest BCUT2D eigenvalue weighted by Gasteiger charge is -2.21. The second-order valence-electron chi connectivity index (χ2n) is 9.09. The summed E-state index contributed by atoms with van der Waals surface area (Å²) in [7, 11) is 1.07. The SMILES string of the molecule is CCCOc1c(OCCCO)cc(C2CCC(c3cc(OC)c(OC)c(OC)c3)O2)cc1S(=O)(=O)CCC. The van der Waals surface area contributed by atoms with E-state index in [0.717, 1.165) is 12.0 Å². The van der Waals surface area contributed by atoms with Crippen molar-refractivity contribution in [1.82, 2.24) is 0 Å². The Labute approximate surface area is 225 Å². The Bertz CT molecular complexity index is 1140. The molecule has 0 amide bonds. The van der Waals surface area contributed by atoms with Crippen molar-refractivity contribution in [2.75, 3.05) is 46.9 Å². The zero-order valence-corrected chi connectivity index (χ0v) is 23.8. The van der Waals surface area contributed by atoms with Gasteiger partial charge in [0, 0.05) is 13.0 Å². The standard InChI is InChI=1S/C28H40O9S/c1-6-12-36-28-25(35-13-8-11-29)17-20(18-26(28)38(30,31)14-7-2)22-10-9-21(37-22)19-15-23(32-3)27(34-5)24(16-19)33-4/h15-18,21-22,29H,6-14H2,1-5H3. The summed E-state index contributed by atoms with van der Waals surface area (Å²) in [6.45, 7) is 4.34. The summed E-state index contributed by atoms with van der Waals surface area (Å²) in [6, 6.07) is 7.21. The molecule has 9 nitrogen and oxygen atoms in total. The van der Waals surface area contributed by atoms with E-state index in [0.29, 0.717) is 60.9 Å². The molecule has 1 aliphatic rings. The molecule has 2 unspecified atom stereocenters. The predicted octanol–water partition coefficient (Wildman–Crippen LogP) is 5.04. The Balaban J connectivity index is 2.01. The van der Waals surface area contributed by atoms with Crippen LogP contribution in [-0.4, -0.2) is 60.4 Å². The zero-order valence-electron chi connectivity index (χ0n) is 22.9. The quantitative estimate of drug-likeness (QED) is 0.304. The van der Waals surface area contributed by atoms with Gasteiger partial charge in [-0.15, -0.1) is 0 Å². The fourth-order valence-corrected chi connectivity index (χ4v) is 6.02. The number of ether oxygens (including phenoxy) is 6. The molecule has 0 saturated carbocycles. The van der Waals surface area contributed by atoms with Gasteiger partial charge in [0.05, 0.1) is 52.5 Å². The van der Waals surface area contributed by atoms with Crippen LogP contribution in [0.2, 0.25) is 0 Å². The number of sulfone groups is 1. The predicted molar refractivity (Wildman–Crippen MR) is 144 cm³/mol. The van der Waals surface area contributed by atoms with E-state index in [2.05, 4.69) is 0 Å². The number of aliphatic hydroxyl groups is 1. The minimum absolute atomic E-state index is 0.00535. The van der Waals surface area contributed by atoms with Crippen LogP contribution in [-0.2, 0) is 14.6 Å². The van der Waals surface area contributed by atoms with Crippen LogP contribution in [0.4, 0.5) is 0 Å². The fraction of sp³-hybridized carbons (Fsp3) is 0.571. The molecule has 1 fully saturated rings. The molecule has 0 aromatic heterocycles. The van der Waals surface area contributed by atoms with Crippen molar-refractivity contribution in [3.8, 4) is 28.7 Å². The van der Waals surface area contributed by atoms with E-state index >= 15 is 0 Å². The third-order valence-electron chi connectivity index (χ3n) is 6.31. The molecule has 38 heavy (non-hydrogen) atoms. The number of aliphatic hydroxyl groups excluding tert-OH is 1. The third kappa shape index (κ3) is 6.84. The Kier molecular flexibility index (Phi) is 10.9. The Morgan fingerprint density at radius 1 is 0.816 bits per heavy atom. The van der Waals surface area contributed by atoms with Gasteiger partial charge in [-0.05, 0) is 61.1 Å². The summed E-state index contributed by atoms with van der Waals surface area (Å²) in [6.07, 6.45) is 2.40. The fourth-order valence-electron chi connectivity index (χ4n) is 4.51. The number of hydrogen-bond acceptors (Lipinski definition) is 9. The maximum Gasteiger partial charge on any atom is 0.203 e. The summed E-state index contributed by atoms with van der Waals surface area (Å²) >= 11 is 0. The first kappa shape index (κ1) is 29.9. The molecule has 2 atom stereocenters. The highest BCUT2D eigenvalue weighted by molar-refractivity contribution is 7.91. The van der Waals surface area contributed by atoms with E-state index < -0.39 is 9.84 Å². The summed E-state index contributed by atoms with van der Waals surface area (Å²) in [5.74, 6) is 2.15. The Hall–Kier alpha value is -2.69. The smallest absolute Gasteiger partial charge is 0.203 e. The molecular weight excluding hydrogens is 512 g/mol. The molecule has 0 bridgehead atoms. The van der Waals surface area contributed by atoms with Crippen LogP contribution in [0.15, 0.2) is 29.2 Å². The van der Waals surface area contributed by atoms with Crippen LogP contribution in [0, 0.1) is 0 Å². The lowest BCUT2D eigenvalue weighted by atomic mass is 10.0. The second-order valence-corrected chi connectivity index (χ2v) is 11.2. The highest BCUT2D eigenvalue weighted by Gasteiger charge is 2.32. The first-order valence-corrected chi connectivity index (χ1v) is 14.7. The van der Waals surface area contributed by atoms with Crippen molar-refractivity contribution < 1.29 is 41.9 Å². The third-order valence-corrected chi connectivity index (χ3v) is 8.23. The van der Waals surface area contributed by atoms with Crippen LogP contribution >= 0.6 is 0 Å². The van der Waals surface area contributed by atoms with E-state index in [4.69, 9.17) is 28.4 Å². The average Bonchev–Trinajstić information content (AvgIpc) is 3.41. The van der Waals surface area contributed by atoms with Crippen LogP contribution < -0.4 is 23.7 Å². The lowest BCUT2D eigenvalue weighted by Crippen LogP contribution is -2.13. The molecule has 1 saturated heterocycles. The summed E-state index contributed by atoms with van der Waals surface area (Å²) in [5.41, 5.74) is 1.58. The van der Waals surface area contributed by atoms with Crippen molar-refractivity contribution in [3.63, 3.8) is 0 Å². The molecule has 10 heteroatoms. The number of hydrogen-bond donors (Lipinski definition) is 1. The lowest BCUT2D eigenvalue weighted by molar-refractivity contribution is 0.0434. The largest absolute Gasteiger partial charge is 0.493 e. The van der Waals surface area contributed by atoms with Gasteiger partial charge in [-0.3, -0.25) is 0 Å². The molecule has 1 N–H and O–H groups in total. The van der Waals surface area contributed by atoms with Crippen LogP contribution in [0.25, 0.3) is 0 Å². The first-order valence-electron chi connectivity index (χ1n) is 13.1. The summed E-state index contributed by atoms with van der Waals surface area (Å²) < 4.78 is 61.3. The Morgan fingerprint density at radius 2 is 1.42 bits per heavy atom. The maximum absolute atomic E-state index is 13.3. The van der Waals surface area contributed by atoms with E-state index in [1.54, 1.807) is 33.5 Å². The zero-order chi connectivity index (χ0) is 27.7. The number of rotatable bonds is 15. The molecule has 1 heterocycles. The van der Waals surface area contributed by atoms with Crippen molar-refractivity contribution in [1.29, 1.82) is 0 Å². The van der Waals surface area contributed by atoms with Crippen molar-refractivity contribution in [3.05, 3.63) is 35.4 Å². The molecule has 0 aliphatic carbocycles. The van der Waals surface area contributed by atoms with Gasteiger partial charge in [-0.25, -0.2) is 8.42 Å². The molecule has 2 aromatic carbocycles. The van der Waals surface area contributed by atoms with Crippen molar-refractivity contribution in [2.45, 2.75) is 63.1 Å². The van der Waals surface area contributed by atoms with E-state index in [1.165, 1.54) is 0 Å². The number of benzene rings is 2. The molecule has 0 spiro atoms. The average molecular weight is 553 g/mol. The van der Waals surface area contributed by atoms with Crippen LogP contribution in [0.1, 0.15) is 69.3 Å². The monoisotopic (exact) mass is 552 g/mol. The van der Waals surface area contributed by atoms with Crippen molar-refractivity contribution in [2.24, 2.45) is 0 Å². The molecule has 2 aromatic rings. The molecule has 0 radical (unpaired) electrons. The minimum Gasteiger partial charge on any atom is -0.493 e. The Morgan fingerprint density at radius 3 is 1.95 bits per heavy atom. The van der Waals surface area contributed by atoms with Crippen LogP contribution in [0.3, 0.4) is 0 Å². The van der Waals surface area contributed by atoms with Crippen molar-refractivity contribution >= 4 is 9.84 Å². The highest BCUT2D eigenvalue weighted by Crippen LogP contribution is 2.48. The molecular formula is C28H40O9S. The minimum atomic E-state index is -3.62. The van der Waals surface area contributed by atoms with Gasteiger partial charge in [0.25, 0.3) is 0 Å². The van der Waals surface area contributed by atoms with Gasteiger partial charge >= 0.3 is 0 Å². The van der Waals surface area contributed by atoms with Gasteiger partial charge in [-0.2, -0.15) is 0 Å². The first-order chi connectivity index (χ1) is 18.3. The molecule has 3 rings (SSSR count). The van der Waals surface area contributed by atoms with E-state index in [-0.39, 0.29) is 41.8 Å². The maximum atomic E-state index is 13.3. The van der Waals surface area contributed by atoms with Gasteiger partial charge in [0.15, 0.2) is 32.8 Å². The normalized spacial score (nSPS) is 17.3. The molecule has 1 aliphatic heterocycles. The van der Waals surface area contributed by atoms with Crippen LogP contribution in [0.5, 0.6) is 28.7 Å². The second kappa shape index (κ2) is 13.9. The highest BCUT2D eigenvalue weighted by atomic mass is 32.2. The molecule has 212 valence electrons. The topological polar surface area (TPSA) is 110 Å². The van der Waals surface area contributed by atoms with Gasteiger partial charge < -0.3 is 33.5 Å². The van der Waals surface area contributed by atoms with Gasteiger partial charge in [-0.1, -0.05) is 13.8 Å². The summed E-state index contributed by atoms with van der Waals surface area (Å²) in [4.78, 5) is 0.115.